The molecule has 3 amide bonds. The van der Waals surface area contributed by atoms with Crippen LogP contribution < -0.4 is 11.1 Å². The predicted octanol–water partition coefficient (Wildman–Crippen LogP) is 6.09. The van der Waals surface area contributed by atoms with Gasteiger partial charge in [0.2, 0.25) is 11.8 Å². The van der Waals surface area contributed by atoms with Crippen LogP contribution in [-0.2, 0) is 9.59 Å². The lowest BCUT2D eigenvalue weighted by molar-refractivity contribution is -0.122. The standard InChI is InChI=1S/C30H29N3O4S3/c1-15-11-13-39-28(15)25-24(27(35)21-14-16(2)40-17(21)3)23(19-7-9-20(10-8-19)32-18(4)34)26(29(31)36)33(25)30(37)22-6-5-12-38-22/h5-14,23-26H,1-4H3,(H2,31,36)(H,32,34). The van der Waals surface area contributed by atoms with Crippen molar-refractivity contribution >= 4 is 63.2 Å². The molecule has 3 N–H and O–H groups in total. The normalized spacial score (nSPS) is 20.4. The number of aryl methyl sites for hydroxylation is 3. The summed E-state index contributed by atoms with van der Waals surface area (Å²) >= 11 is 4.31. The van der Waals surface area contributed by atoms with Gasteiger partial charge in [0.15, 0.2) is 5.78 Å². The van der Waals surface area contributed by atoms with Crippen molar-refractivity contribution in [1.29, 1.82) is 0 Å². The zero-order chi connectivity index (χ0) is 28.7. The third kappa shape index (κ3) is 5.02. The number of nitrogens with zero attached hydrogens (tertiary/aromatic N) is 1. The molecule has 1 aliphatic rings. The van der Waals surface area contributed by atoms with Crippen molar-refractivity contribution in [2.75, 3.05) is 5.32 Å². The second-order valence-corrected chi connectivity index (χ2v) is 13.4. The van der Waals surface area contributed by atoms with E-state index in [4.69, 9.17) is 5.73 Å². The van der Waals surface area contributed by atoms with Crippen molar-refractivity contribution in [2.45, 2.75) is 45.7 Å². The van der Waals surface area contributed by atoms with Crippen LogP contribution in [0.3, 0.4) is 0 Å². The minimum atomic E-state index is -1.07. The van der Waals surface area contributed by atoms with E-state index in [0.29, 0.717) is 21.7 Å². The van der Waals surface area contributed by atoms with E-state index in [1.807, 2.05) is 43.7 Å². The summed E-state index contributed by atoms with van der Waals surface area (Å²) in [7, 11) is 0. The second kappa shape index (κ2) is 11.1. The number of rotatable bonds is 7. The van der Waals surface area contributed by atoms with Crippen molar-refractivity contribution in [3.63, 3.8) is 0 Å². The molecule has 206 valence electrons. The van der Waals surface area contributed by atoms with Crippen LogP contribution in [0.15, 0.2) is 59.3 Å². The fraction of sp³-hybridized carbons (Fsp3) is 0.267. The van der Waals surface area contributed by atoms with Gasteiger partial charge in [0.1, 0.15) is 6.04 Å². The molecule has 0 aliphatic carbocycles. The molecule has 1 aromatic carbocycles. The van der Waals surface area contributed by atoms with E-state index in [-0.39, 0.29) is 17.6 Å². The Hall–Kier alpha value is -3.60. The number of primary amides is 1. The lowest BCUT2D eigenvalue weighted by atomic mass is 9.76. The number of benzene rings is 1. The number of carbonyl (C=O) groups is 4. The van der Waals surface area contributed by atoms with Crippen molar-refractivity contribution in [1.82, 2.24) is 4.90 Å². The summed E-state index contributed by atoms with van der Waals surface area (Å²) in [5.41, 5.74) is 8.93. The SMILES string of the molecule is CC(=O)Nc1ccc(C2C(C(=O)c3cc(C)sc3C)C(c3sccc3C)N(C(=O)c3cccs3)C2C(N)=O)cc1. The lowest BCUT2D eigenvalue weighted by Gasteiger charge is -2.30. The third-order valence-corrected chi connectivity index (χ3v) is 10.2. The smallest absolute Gasteiger partial charge is 0.265 e. The lowest BCUT2D eigenvalue weighted by Crippen LogP contribution is -2.46. The number of thiophene rings is 3. The number of nitrogens with two attached hydrogens (primary N) is 1. The van der Waals surface area contributed by atoms with Gasteiger partial charge in [-0.2, -0.15) is 0 Å². The molecule has 1 saturated heterocycles. The van der Waals surface area contributed by atoms with Crippen LogP contribution in [0.1, 0.15) is 64.7 Å². The molecule has 4 atom stereocenters. The van der Waals surface area contributed by atoms with Gasteiger partial charge in [-0.1, -0.05) is 18.2 Å². The van der Waals surface area contributed by atoms with Crippen LogP contribution in [0.4, 0.5) is 5.69 Å². The van der Waals surface area contributed by atoms with Crippen molar-refractivity contribution in [2.24, 2.45) is 11.7 Å². The van der Waals surface area contributed by atoms with Crippen LogP contribution in [0.25, 0.3) is 0 Å². The van der Waals surface area contributed by atoms with E-state index in [9.17, 15) is 19.2 Å². The molecule has 40 heavy (non-hydrogen) atoms. The van der Waals surface area contributed by atoms with Gasteiger partial charge in [0.05, 0.1) is 16.8 Å². The first kappa shape index (κ1) is 27.9. The Kier molecular flexibility index (Phi) is 7.76. The number of hydrogen-bond donors (Lipinski definition) is 2. The van der Waals surface area contributed by atoms with Gasteiger partial charge < -0.3 is 16.0 Å². The highest BCUT2D eigenvalue weighted by atomic mass is 32.1. The Morgan fingerprint density at radius 1 is 0.950 bits per heavy atom. The number of Topliss-reactive ketones (excluding diaryl/α,β-unsaturated/α-hetero) is 1. The van der Waals surface area contributed by atoms with Crippen LogP contribution in [0.5, 0.6) is 0 Å². The van der Waals surface area contributed by atoms with Crippen molar-refractivity contribution in [3.05, 3.63) is 95.5 Å². The van der Waals surface area contributed by atoms with Gasteiger partial charge in [-0.25, -0.2) is 0 Å². The summed E-state index contributed by atoms with van der Waals surface area (Å²) in [5.74, 6) is -2.80. The molecule has 0 bridgehead atoms. The van der Waals surface area contributed by atoms with E-state index >= 15 is 0 Å². The highest BCUT2D eigenvalue weighted by molar-refractivity contribution is 7.12. The zero-order valence-electron chi connectivity index (χ0n) is 22.5. The van der Waals surface area contributed by atoms with Gasteiger partial charge in [-0.3, -0.25) is 19.2 Å². The first-order valence-electron chi connectivity index (χ1n) is 12.8. The first-order valence-corrected chi connectivity index (χ1v) is 15.3. The average molecular weight is 592 g/mol. The maximum atomic E-state index is 14.6. The van der Waals surface area contributed by atoms with E-state index in [0.717, 1.165) is 20.2 Å². The Morgan fingerprint density at radius 2 is 1.68 bits per heavy atom. The monoisotopic (exact) mass is 591 g/mol. The van der Waals surface area contributed by atoms with E-state index in [2.05, 4.69) is 5.32 Å². The molecule has 1 fully saturated rings. The number of carbonyl (C=O) groups excluding carboxylic acids is 4. The van der Waals surface area contributed by atoms with Gasteiger partial charge in [-0.05, 0) is 73.0 Å². The molecule has 7 nitrogen and oxygen atoms in total. The Balaban J connectivity index is 1.75. The Morgan fingerprint density at radius 3 is 2.20 bits per heavy atom. The summed E-state index contributed by atoms with van der Waals surface area (Å²) in [6.45, 7) is 7.26. The average Bonchev–Trinajstić information content (AvgIpc) is 3.69. The van der Waals surface area contributed by atoms with Crippen LogP contribution in [0.2, 0.25) is 0 Å². The Bertz CT molecular complexity index is 1590. The predicted molar refractivity (Wildman–Crippen MR) is 160 cm³/mol. The van der Waals surface area contributed by atoms with Crippen LogP contribution in [-0.4, -0.2) is 34.4 Å². The molecule has 1 aliphatic heterocycles. The molecule has 4 unspecified atom stereocenters. The maximum absolute atomic E-state index is 14.6. The summed E-state index contributed by atoms with van der Waals surface area (Å²) in [6, 6.07) is 12.7. The van der Waals surface area contributed by atoms with Gasteiger partial charge in [0.25, 0.3) is 5.91 Å². The van der Waals surface area contributed by atoms with Crippen molar-refractivity contribution in [3.8, 4) is 0 Å². The molecule has 3 aromatic heterocycles. The summed E-state index contributed by atoms with van der Waals surface area (Å²) < 4.78 is 0. The quantitative estimate of drug-likeness (QED) is 0.254. The van der Waals surface area contributed by atoms with Gasteiger partial charge in [0, 0.05) is 38.7 Å². The number of nitrogens with one attached hydrogen (secondary N) is 1. The number of amides is 3. The highest BCUT2D eigenvalue weighted by Gasteiger charge is 2.58. The number of hydrogen-bond acceptors (Lipinski definition) is 7. The Labute approximate surface area is 244 Å². The number of anilines is 1. The molecule has 5 rings (SSSR count). The molecule has 4 aromatic rings. The molecule has 4 heterocycles. The van der Waals surface area contributed by atoms with Gasteiger partial charge in [-0.15, -0.1) is 34.0 Å². The third-order valence-electron chi connectivity index (χ3n) is 7.32. The van der Waals surface area contributed by atoms with Gasteiger partial charge >= 0.3 is 0 Å². The number of likely N-dealkylation sites (tertiary alicyclic amines) is 1. The summed E-state index contributed by atoms with van der Waals surface area (Å²) in [6.07, 6.45) is 0. The van der Waals surface area contributed by atoms with Crippen molar-refractivity contribution < 1.29 is 19.2 Å². The maximum Gasteiger partial charge on any atom is 0.265 e. The minimum absolute atomic E-state index is 0.122. The van der Waals surface area contributed by atoms with Crippen LogP contribution >= 0.6 is 34.0 Å². The summed E-state index contributed by atoms with van der Waals surface area (Å²) in [5, 5.41) is 6.50. The second-order valence-electron chi connectivity index (χ2n) is 10.00. The fourth-order valence-corrected chi connectivity index (χ4v) is 8.39. The summed E-state index contributed by atoms with van der Waals surface area (Å²) in [4.78, 5) is 58.4. The highest BCUT2D eigenvalue weighted by Crippen LogP contribution is 2.53. The number of ketones is 1. The van der Waals surface area contributed by atoms with E-state index < -0.39 is 29.8 Å². The molecular formula is C30H29N3O4S3. The first-order chi connectivity index (χ1) is 19.1. The zero-order valence-corrected chi connectivity index (χ0v) is 24.9. The largest absolute Gasteiger partial charge is 0.368 e. The van der Waals surface area contributed by atoms with Crippen LogP contribution in [0, 0.1) is 26.7 Å². The molecule has 0 spiro atoms. The molecule has 0 saturated carbocycles. The molecular weight excluding hydrogens is 563 g/mol. The van der Waals surface area contributed by atoms with E-state index in [1.165, 1.54) is 29.6 Å². The molecule has 10 heteroatoms. The fourth-order valence-electron chi connectivity index (χ4n) is 5.73. The molecule has 0 radical (unpaired) electrons. The topological polar surface area (TPSA) is 110 Å². The van der Waals surface area contributed by atoms with E-state index in [1.54, 1.807) is 52.6 Å². The minimum Gasteiger partial charge on any atom is -0.368 e.